The van der Waals surface area contributed by atoms with Gasteiger partial charge in [-0.1, -0.05) is 12.1 Å². The van der Waals surface area contributed by atoms with Gasteiger partial charge in [-0.15, -0.1) is 0 Å². The first-order valence-corrected chi connectivity index (χ1v) is 7.87. The zero-order valence-corrected chi connectivity index (χ0v) is 14.3. The van der Waals surface area contributed by atoms with E-state index in [4.69, 9.17) is 0 Å². The highest BCUT2D eigenvalue weighted by atomic mass is 16.3. The number of aliphatic hydroxyl groups is 1. The second-order valence-electron chi connectivity index (χ2n) is 5.96. The molecule has 1 unspecified atom stereocenters. The molecule has 6 nitrogen and oxygen atoms in total. The highest BCUT2D eigenvalue weighted by Gasteiger charge is 2.10. The Balaban J connectivity index is 1.95. The lowest BCUT2D eigenvalue weighted by atomic mass is 10.1. The summed E-state index contributed by atoms with van der Waals surface area (Å²) < 4.78 is 1.74. The maximum absolute atomic E-state index is 9.72. The lowest BCUT2D eigenvalue weighted by Crippen LogP contribution is -2.08. The number of nitrogens with zero attached hydrogens (tertiary/aromatic N) is 4. The maximum Gasteiger partial charge on any atom is 0.252 e. The molecule has 3 aromatic rings. The Bertz CT molecular complexity index is 870. The zero-order chi connectivity index (χ0) is 17.3. The molecular formula is C18H21N5O. The van der Waals surface area contributed by atoms with Crippen LogP contribution in [0.5, 0.6) is 0 Å². The molecule has 0 spiro atoms. The minimum absolute atomic E-state index is 0.510. The van der Waals surface area contributed by atoms with Gasteiger partial charge in [0, 0.05) is 23.1 Å². The molecule has 0 aliphatic heterocycles. The third-order valence-electron chi connectivity index (χ3n) is 3.68. The van der Waals surface area contributed by atoms with Crippen LogP contribution in [-0.2, 0) is 0 Å². The fourth-order valence-electron chi connectivity index (χ4n) is 2.57. The van der Waals surface area contributed by atoms with Gasteiger partial charge in [0.2, 0.25) is 0 Å². The van der Waals surface area contributed by atoms with Crippen LogP contribution < -0.4 is 5.32 Å². The first-order chi connectivity index (χ1) is 11.4. The number of anilines is 2. The van der Waals surface area contributed by atoms with E-state index < -0.39 is 6.10 Å². The molecule has 124 valence electrons. The average Bonchev–Trinajstić information content (AvgIpc) is 2.85. The molecule has 0 aliphatic carbocycles. The van der Waals surface area contributed by atoms with Crippen molar-refractivity contribution in [2.75, 3.05) is 5.32 Å². The molecule has 0 radical (unpaired) electrons. The van der Waals surface area contributed by atoms with Crippen LogP contribution in [0.3, 0.4) is 0 Å². The lowest BCUT2D eigenvalue weighted by Gasteiger charge is -2.11. The quantitative estimate of drug-likeness (QED) is 0.770. The minimum atomic E-state index is -0.510. The summed E-state index contributed by atoms with van der Waals surface area (Å²) in [4.78, 5) is 9.04. The Morgan fingerprint density at radius 3 is 2.50 bits per heavy atom. The van der Waals surface area contributed by atoms with Gasteiger partial charge in [-0.2, -0.15) is 10.1 Å². The van der Waals surface area contributed by atoms with Crippen molar-refractivity contribution in [2.24, 2.45) is 0 Å². The molecule has 0 bridgehead atoms. The summed E-state index contributed by atoms with van der Waals surface area (Å²) in [5.74, 6) is 1.22. The third kappa shape index (κ3) is 3.44. The molecule has 0 amide bonds. The van der Waals surface area contributed by atoms with Crippen molar-refractivity contribution in [1.82, 2.24) is 19.7 Å². The predicted molar refractivity (Wildman–Crippen MR) is 93.7 cm³/mol. The summed E-state index contributed by atoms with van der Waals surface area (Å²) in [6.07, 6.45) is -0.510. The van der Waals surface area contributed by atoms with Gasteiger partial charge in [-0.05, 0) is 51.5 Å². The van der Waals surface area contributed by atoms with Crippen LogP contribution in [0, 0.1) is 20.8 Å². The van der Waals surface area contributed by atoms with Crippen LogP contribution in [0.2, 0.25) is 0 Å². The molecule has 1 aromatic carbocycles. The van der Waals surface area contributed by atoms with Crippen LogP contribution >= 0.6 is 0 Å². The fraction of sp³-hybridized carbons (Fsp3) is 0.278. The highest BCUT2D eigenvalue weighted by Crippen LogP contribution is 2.21. The molecule has 0 saturated heterocycles. The molecule has 2 aromatic heterocycles. The Kier molecular flexibility index (Phi) is 4.31. The van der Waals surface area contributed by atoms with E-state index >= 15 is 0 Å². The van der Waals surface area contributed by atoms with Gasteiger partial charge in [0.25, 0.3) is 5.95 Å². The van der Waals surface area contributed by atoms with Crippen LogP contribution in [0.1, 0.15) is 35.7 Å². The second kappa shape index (κ2) is 6.41. The average molecular weight is 323 g/mol. The summed E-state index contributed by atoms with van der Waals surface area (Å²) in [5, 5.41) is 17.4. The predicted octanol–water partition coefficient (Wildman–Crippen LogP) is 3.38. The third-order valence-corrected chi connectivity index (χ3v) is 3.68. The standard InChI is InChI=1S/C18H21N5O/c1-11-9-17(20-16-7-5-6-15(10-16)14(4)24)21-18(19-11)23-13(3)8-12(2)22-23/h5-10,14,24H,1-4H3,(H,19,20,21). The van der Waals surface area contributed by atoms with E-state index in [2.05, 4.69) is 20.4 Å². The van der Waals surface area contributed by atoms with Crippen LogP contribution in [0.4, 0.5) is 11.5 Å². The fourth-order valence-corrected chi connectivity index (χ4v) is 2.57. The van der Waals surface area contributed by atoms with Crippen LogP contribution in [-0.4, -0.2) is 24.9 Å². The molecule has 6 heteroatoms. The normalized spacial score (nSPS) is 12.2. The van der Waals surface area contributed by atoms with Crippen molar-refractivity contribution in [1.29, 1.82) is 0 Å². The molecule has 0 fully saturated rings. The molecule has 2 N–H and O–H groups in total. The molecule has 3 rings (SSSR count). The van der Waals surface area contributed by atoms with Crippen molar-refractivity contribution < 1.29 is 5.11 Å². The molecular weight excluding hydrogens is 302 g/mol. The van der Waals surface area contributed by atoms with Crippen molar-refractivity contribution in [3.63, 3.8) is 0 Å². The number of nitrogens with one attached hydrogen (secondary N) is 1. The number of hydrogen-bond acceptors (Lipinski definition) is 5. The maximum atomic E-state index is 9.72. The van der Waals surface area contributed by atoms with Crippen molar-refractivity contribution >= 4 is 11.5 Å². The summed E-state index contributed by atoms with van der Waals surface area (Å²) in [7, 11) is 0. The molecule has 0 saturated carbocycles. The van der Waals surface area contributed by atoms with Crippen LogP contribution in [0.25, 0.3) is 5.95 Å². The van der Waals surface area contributed by atoms with E-state index in [1.165, 1.54) is 0 Å². The van der Waals surface area contributed by atoms with Gasteiger partial charge in [-0.3, -0.25) is 0 Å². The summed E-state index contributed by atoms with van der Waals surface area (Å²) >= 11 is 0. The molecule has 24 heavy (non-hydrogen) atoms. The molecule has 2 heterocycles. The highest BCUT2D eigenvalue weighted by molar-refractivity contribution is 5.58. The van der Waals surface area contributed by atoms with E-state index in [0.29, 0.717) is 11.8 Å². The van der Waals surface area contributed by atoms with Gasteiger partial charge in [0.15, 0.2) is 0 Å². The van der Waals surface area contributed by atoms with E-state index in [1.807, 2.05) is 57.2 Å². The summed E-state index contributed by atoms with van der Waals surface area (Å²) in [6.45, 7) is 7.59. The van der Waals surface area contributed by atoms with Gasteiger partial charge in [-0.25, -0.2) is 9.67 Å². The monoisotopic (exact) mass is 323 g/mol. The second-order valence-corrected chi connectivity index (χ2v) is 5.96. The van der Waals surface area contributed by atoms with Crippen molar-refractivity contribution in [3.8, 4) is 5.95 Å². The smallest absolute Gasteiger partial charge is 0.252 e. The van der Waals surface area contributed by atoms with Crippen LogP contribution in [0.15, 0.2) is 36.4 Å². The topological polar surface area (TPSA) is 75.9 Å². The lowest BCUT2D eigenvalue weighted by molar-refractivity contribution is 0.199. The van der Waals surface area contributed by atoms with Crippen molar-refractivity contribution in [3.05, 3.63) is 59.0 Å². The van der Waals surface area contributed by atoms with Crippen molar-refractivity contribution in [2.45, 2.75) is 33.8 Å². The Hall–Kier alpha value is -2.73. The number of aliphatic hydroxyl groups excluding tert-OH is 1. The summed E-state index contributed by atoms with van der Waals surface area (Å²) in [6, 6.07) is 11.5. The van der Waals surface area contributed by atoms with Gasteiger partial charge >= 0.3 is 0 Å². The first kappa shape index (κ1) is 16.1. The van der Waals surface area contributed by atoms with E-state index in [0.717, 1.165) is 28.3 Å². The molecule has 1 atom stereocenters. The number of aromatic nitrogens is 4. The number of aryl methyl sites for hydroxylation is 3. The Labute approximate surface area is 141 Å². The SMILES string of the molecule is Cc1cc(Nc2cccc(C(C)O)c2)nc(-n2nc(C)cc2C)n1. The van der Waals surface area contributed by atoms with Gasteiger partial charge < -0.3 is 10.4 Å². The number of rotatable bonds is 4. The van der Waals surface area contributed by atoms with Gasteiger partial charge in [0.1, 0.15) is 5.82 Å². The number of benzene rings is 1. The Morgan fingerprint density at radius 2 is 1.83 bits per heavy atom. The minimum Gasteiger partial charge on any atom is -0.389 e. The van der Waals surface area contributed by atoms with E-state index in [1.54, 1.807) is 11.6 Å². The Morgan fingerprint density at radius 1 is 1.04 bits per heavy atom. The number of hydrogen-bond donors (Lipinski definition) is 2. The zero-order valence-electron chi connectivity index (χ0n) is 14.3. The largest absolute Gasteiger partial charge is 0.389 e. The molecule has 0 aliphatic rings. The van der Waals surface area contributed by atoms with E-state index in [-0.39, 0.29) is 0 Å². The summed E-state index contributed by atoms with van der Waals surface area (Å²) in [5.41, 5.74) is 4.48. The van der Waals surface area contributed by atoms with E-state index in [9.17, 15) is 5.11 Å². The first-order valence-electron chi connectivity index (χ1n) is 7.87. The van der Waals surface area contributed by atoms with Gasteiger partial charge in [0.05, 0.1) is 11.8 Å².